The van der Waals surface area contributed by atoms with Crippen molar-refractivity contribution in [2.45, 2.75) is 27.2 Å². The average Bonchev–Trinajstić information content (AvgIpc) is 3.05. The molecule has 112 valence electrons. The molecular weight excluding hydrogens is 304 g/mol. The maximum absolute atomic E-state index is 11.4. The summed E-state index contributed by atoms with van der Waals surface area (Å²) in [6, 6.07) is 0. The lowest BCUT2D eigenvalue weighted by atomic mass is 10.1. The monoisotopic (exact) mass is 322 g/mol. The van der Waals surface area contributed by atoms with Gasteiger partial charge in [-0.15, -0.1) is 22.7 Å². The standard InChI is InChI=1S/C15H18N2O2S2/c1-4-19-13(18)6-5-11-12(9-10(2)3)21-15(17-11)14-16-7-8-20-14/h5-8,10H,4,9H2,1-3H3/b6-5+. The fraction of sp³-hybridized carbons (Fsp3) is 0.400. The summed E-state index contributed by atoms with van der Waals surface area (Å²) in [4.78, 5) is 21.5. The molecule has 0 spiro atoms. The predicted octanol–water partition coefficient (Wildman–Crippen LogP) is 4.04. The molecule has 4 nitrogen and oxygen atoms in total. The van der Waals surface area contributed by atoms with Crippen LogP contribution in [0.4, 0.5) is 0 Å². The van der Waals surface area contributed by atoms with E-state index in [0.717, 1.165) is 22.1 Å². The molecule has 21 heavy (non-hydrogen) atoms. The largest absolute Gasteiger partial charge is 0.463 e. The molecule has 0 amide bonds. The first kappa shape index (κ1) is 15.9. The lowest BCUT2D eigenvalue weighted by Gasteiger charge is -2.01. The van der Waals surface area contributed by atoms with E-state index in [4.69, 9.17) is 4.74 Å². The quantitative estimate of drug-likeness (QED) is 0.595. The van der Waals surface area contributed by atoms with E-state index in [1.807, 2.05) is 5.38 Å². The first-order chi connectivity index (χ1) is 10.1. The van der Waals surface area contributed by atoms with E-state index < -0.39 is 0 Å². The van der Waals surface area contributed by atoms with Crippen LogP contribution >= 0.6 is 22.7 Å². The van der Waals surface area contributed by atoms with Crippen LogP contribution in [0.5, 0.6) is 0 Å². The zero-order chi connectivity index (χ0) is 15.2. The SMILES string of the molecule is CCOC(=O)/C=C/c1nc(-c2nccs2)sc1CC(C)C. The minimum Gasteiger partial charge on any atom is -0.463 e. The summed E-state index contributed by atoms with van der Waals surface area (Å²) in [7, 11) is 0. The molecule has 0 fully saturated rings. The third kappa shape index (κ3) is 4.47. The van der Waals surface area contributed by atoms with Crippen LogP contribution in [0.2, 0.25) is 0 Å². The third-order valence-corrected chi connectivity index (χ3v) is 4.61. The van der Waals surface area contributed by atoms with Crippen molar-refractivity contribution < 1.29 is 9.53 Å². The van der Waals surface area contributed by atoms with Crippen molar-refractivity contribution in [2.75, 3.05) is 6.61 Å². The summed E-state index contributed by atoms with van der Waals surface area (Å²) in [5, 5.41) is 3.76. The van der Waals surface area contributed by atoms with Gasteiger partial charge in [0.15, 0.2) is 10.0 Å². The smallest absolute Gasteiger partial charge is 0.330 e. The molecule has 0 atom stereocenters. The molecule has 0 unspecified atom stereocenters. The van der Waals surface area contributed by atoms with Crippen molar-refractivity contribution in [3.63, 3.8) is 0 Å². The van der Waals surface area contributed by atoms with E-state index in [2.05, 4.69) is 23.8 Å². The number of hydrogen-bond donors (Lipinski definition) is 0. The first-order valence-electron chi connectivity index (χ1n) is 6.84. The molecule has 0 radical (unpaired) electrons. The van der Waals surface area contributed by atoms with Crippen LogP contribution in [0.25, 0.3) is 16.1 Å². The number of aromatic nitrogens is 2. The molecule has 0 aliphatic heterocycles. The zero-order valence-electron chi connectivity index (χ0n) is 12.3. The fourth-order valence-corrected chi connectivity index (χ4v) is 3.71. The Bertz CT molecular complexity index is 616. The number of carbonyl (C=O) groups is 1. The molecule has 0 bridgehead atoms. The molecule has 0 saturated heterocycles. The Kier molecular flexibility index (Phi) is 5.64. The maximum atomic E-state index is 11.4. The fourth-order valence-electron chi connectivity index (χ4n) is 1.77. The number of carbonyl (C=O) groups excluding carboxylic acids is 1. The van der Waals surface area contributed by atoms with Crippen molar-refractivity contribution in [3.05, 3.63) is 28.2 Å². The van der Waals surface area contributed by atoms with Gasteiger partial charge >= 0.3 is 5.97 Å². The highest BCUT2D eigenvalue weighted by Crippen LogP contribution is 2.31. The molecule has 2 aromatic rings. The van der Waals surface area contributed by atoms with Gasteiger partial charge in [0.05, 0.1) is 12.3 Å². The summed E-state index contributed by atoms with van der Waals surface area (Å²) in [6.45, 7) is 6.51. The first-order valence-corrected chi connectivity index (χ1v) is 8.54. The van der Waals surface area contributed by atoms with E-state index in [9.17, 15) is 4.79 Å². The highest BCUT2D eigenvalue weighted by Gasteiger charge is 2.14. The zero-order valence-corrected chi connectivity index (χ0v) is 14.0. The summed E-state index contributed by atoms with van der Waals surface area (Å²) < 4.78 is 4.90. The van der Waals surface area contributed by atoms with E-state index in [-0.39, 0.29) is 5.97 Å². The number of thiazole rings is 2. The molecule has 0 aromatic carbocycles. The Labute approximate surface area is 132 Å². The third-order valence-electron chi connectivity index (χ3n) is 2.60. The van der Waals surface area contributed by atoms with Gasteiger partial charge in [-0.3, -0.25) is 0 Å². The van der Waals surface area contributed by atoms with Crippen LogP contribution in [0.1, 0.15) is 31.3 Å². The molecule has 2 aromatic heterocycles. The number of ether oxygens (including phenoxy) is 1. The second-order valence-electron chi connectivity index (χ2n) is 4.85. The Hall–Kier alpha value is -1.53. The van der Waals surface area contributed by atoms with Crippen LogP contribution < -0.4 is 0 Å². The van der Waals surface area contributed by atoms with Gasteiger partial charge in [-0.25, -0.2) is 14.8 Å². The molecule has 0 aliphatic carbocycles. The Morgan fingerprint density at radius 3 is 2.86 bits per heavy atom. The van der Waals surface area contributed by atoms with Gasteiger partial charge in [-0.05, 0) is 25.3 Å². The van der Waals surface area contributed by atoms with E-state index in [0.29, 0.717) is 12.5 Å². The van der Waals surface area contributed by atoms with E-state index in [1.165, 1.54) is 11.0 Å². The van der Waals surface area contributed by atoms with Gasteiger partial charge in [-0.2, -0.15) is 0 Å². The van der Waals surface area contributed by atoms with Crippen molar-refractivity contribution >= 4 is 34.7 Å². The summed E-state index contributed by atoms with van der Waals surface area (Å²) in [5.41, 5.74) is 0.840. The molecule has 0 N–H and O–H groups in total. The molecule has 0 saturated carbocycles. The summed E-state index contributed by atoms with van der Waals surface area (Å²) in [6.07, 6.45) is 5.89. The van der Waals surface area contributed by atoms with Gasteiger partial charge in [0, 0.05) is 22.5 Å². The minimum atomic E-state index is -0.336. The number of hydrogen-bond acceptors (Lipinski definition) is 6. The Morgan fingerprint density at radius 2 is 2.24 bits per heavy atom. The predicted molar refractivity (Wildman–Crippen MR) is 87.4 cm³/mol. The molecule has 0 aliphatic rings. The molecule has 2 rings (SSSR count). The maximum Gasteiger partial charge on any atom is 0.330 e. The van der Waals surface area contributed by atoms with Crippen LogP contribution in [-0.2, 0) is 16.0 Å². The highest BCUT2D eigenvalue weighted by atomic mass is 32.1. The van der Waals surface area contributed by atoms with Gasteiger partial charge in [0.2, 0.25) is 0 Å². The van der Waals surface area contributed by atoms with Crippen molar-refractivity contribution in [2.24, 2.45) is 5.92 Å². The molecule has 6 heteroatoms. The number of nitrogens with zero attached hydrogens (tertiary/aromatic N) is 2. The van der Waals surface area contributed by atoms with Crippen molar-refractivity contribution in [1.82, 2.24) is 9.97 Å². The van der Waals surface area contributed by atoms with Gasteiger partial charge in [0.25, 0.3) is 0 Å². The summed E-state index contributed by atoms with van der Waals surface area (Å²) >= 11 is 3.21. The van der Waals surface area contributed by atoms with Crippen LogP contribution in [-0.4, -0.2) is 22.5 Å². The van der Waals surface area contributed by atoms with Crippen molar-refractivity contribution in [3.8, 4) is 10.0 Å². The lowest BCUT2D eigenvalue weighted by molar-refractivity contribution is -0.137. The number of rotatable bonds is 6. The second kappa shape index (κ2) is 7.47. The van der Waals surface area contributed by atoms with Crippen LogP contribution in [0.3, 0.4) is 0 Å². The molecule has 2 heterocycles. The lowest BCUT2D eigenvalue weighted by Crippen LogP contribution is -1.99. The molecular formula is C15H18N2O2S2. The van der Waals surface area contributed by atoms with E-state index >= 15 is 0 Å². The van der Waals surface area contributed by atoms with Crippen LogP contribution in [0, 0.1) is 5.92 Å². The van der Waals surface area contributed by atoms with Gasteiger partial charge in [0.1, 0.15) is 0 Å². The Balaban J connectivity index is 2.27. The Morgan fingerprint density at radius 1 is 1.43 bits per heavy atom. The highest BCUT2D eigenvalue weighted by molar-refractivity contribution is 7.20. The number of esters is 1. The van der Waals surface area contributed by atoms with Crippen molar-refractivity contribution in [1.29, 1.82) is 0 Å². The van der Waals surface area contributed by atoms with Crippen LogP contribution in [0.15, 0.2) is 17.7 Å². The van der Waals surface area contributed by atoms with Gasteiger partial charge < -0.3 is 4.74 Å². The summed E-state index contributed by atoms with van der Waals surface area (Å²) in [5.74, 6) is 0.195. The normalized spacial score (nSPS) is 11.4. The van der Waals surface area contributed by atoms with Gasteiger partial charge in [-0.1, -0.05) is 13.8 Å². The second-order valence-corrected chi connectivity index (χ2v) is 6.83. The average molecular weight is 322 g/mol. The van der Waals surface area contributed by atoms with E-state index in [1.54, 1.807) is 41.9 Å². The minimum absolute atomic E-state index is 0.336. The topological polar surface area (TPSA) is 52.1 Å².